The van der Waals surface area contributed by atoms with Gasteiger partial charge >= 0.3 is 0 Å². The standard InChI is InChI=1S/C16H24I2N2O.2ClH/c1-11(2)3-4-15(20-7-5-19-6-8-20)12-9-13(17)16(21)14(18)10-12;;/h9-11,15,19,21H,3-8H2,1-2H3;2*1H/t15-;;/m0../s1. The summed E-state index contributed by atoms with van der Waals surface area (Å²) >= 11 is 4.47. The summed E-state index contributed by atoms with van der Waals surface area (Å²) in [6.45, 7) is 8.95. The first kappa shape index (κ1) is 24.0. The van der Waals surface area contributed by atoms with Crippen molar-refractivity contribution in [3.8, 4) is 5.75 Å². The number of hydrogen-bond donors (Lipinski definition) is 2. The third-order valence-corrected chi connectivity index (χ3v) is 5.68. The largest absolute Gasteiger partial charge is 0.506 e. The highest BCUT2D eigenvalue weighted by molar-refractivity contribution is 14.1. The van der Waals surface area contributed by atoms with Crippen molar-refractivity contribution in [2.45, 2.75) is 32.7 Å². The van der Waals surface area contributed by atoms with Gasteiger partial charge in [0.15, 0.2) is 0 Å². The Balaban J connectivity index is 0.00000242. The Kier molecular flexibility index (Phi) is 12.1. The Morgan fingerprint density at radius 2 is 1.61 bits per heavy atom. The molecule has 1 fully saturated rings. The third kappa shape index (κ3) is 7.01. The SMILES string of the molecule is CC(C)CC[C@@H](c1cc(I)c(O)c(I)c1)N1CCNCC1.Cl.Cl. The first-order chi connectivity index (χ1) is 9.99. The predicted octanol–water partition coefficient (Wildman–Crippen LogP) is 4.83. The molecule has 1 saturated heterocycles. The first-order valence-electron chi connectivity index (χ1n) is 7.61. The van der Waals surface area contributed by atoms with Crippen LogP contribution in [0.5, 0.6) is 5.75 Å². The maximum atomic E-state index is 10.0. The summed E-state index contributed by atoms with van der Waals surface area (Å²) in [4.78, 5) is 2.59. The minimum Gasteiger partial charge on any atom is -0.506 e. The lowest BCUT2D eigenvalue weighted by molar-refractivity contribution is 0.159. The summed E-state index contributed by atoms with van der Waals surface area (Å²) in [5, 5.41) is 13.4. The second-order valence-corrected chi connectivity index (χ2v) is 8.43. The summed E-state index contributed by atoms with van der Waals surface area (Å²) in [7, 11) is 0. The molecule has 0 radical (unpaired) electrons. The zero-order valence-electron chi connectivity index (χ0n) is 13.5. The third-order valence-electron chi connectivity index (χ3n) is 4.03. The van der Waals surface area contributed by atoms with Crippen LogP contribution < -0.4 is 5.32 Å². The van der Waals surface area contributed by atoms with Crippen molar-refractivity contribution in [2.24, 2.45) is 5.92 Å². The van der Waals surface area contributed by atoms with Gasteiger partial charge in [-0.05, 0) is 81.6 Å². The molecule has 23 heavy (non-hydrogen) atoms. The van der Waals surface area contributed by atoms with Gasteiger partial charge in [0.05, 0.1) is 7.14 Å². The average molecular weight is 587 g/mol. The van der Waals surface area contributed by atoms with Crippen molar-refractivity contribution in [1.29, 1.82) is 0 Å². The average Bonchev–Trinajstić information content (AvgIpc) is 2.45. The molecule has 0 saturated carbocycles. The Morgan fingerprint density at radius 1 is 1.09 bits per heavy atom. The summed E-state index contributed by atoms with van der Waals surface area (Å²) < 4.78 is 1.92. The van der Waals surface area contributed by atoms with Crippen LogP contribution in [-0.2, 0) is 0 Å². The normalized spacial score (nSPS) is 16.6. The second kappa shape index (κ2) is 11.6. The van der Waals surface area contributed by atoms with Crippen molar-refractivity contribution in [1.82, 2.24) is 10.2 Å². The highest BCUT2D eigenvalue weighted by atomic mass is 127. The predicted molar refractivity (Wildman–Crippen MR) is 119 cm³/mol. The minimum absolute atomic E-state index is 0. The van der Waals surface area contributed by atoms with Gasteiger partial charge < -0.3 is 10.4 Å². The zero-order chi connectivity index (χ0) is 15.4. The molecular formula is C16H26Cl2I2N2O. The van der Waals surface area contributed by atoms with Gasteiger partial charge in [0.2, 0.25) is 0 Å². The number of phenols is 1. The fourth-order valence-corrected chi connectivity index (χ4v) is 4.64. The lowest BCUT2D eigenvalue weighted by atomic mass is 9.95. The van der Waals surface area contributed by atoms with Crippen LogP contribution in [0.2, 0.25) is 0 Å². The molecular weight excluding hydrogens is 561 g/mol. The first-order valence-corrected chi connectivity index (χ1v) is 9.77. The molecule has 1 atom stereocenters. The molecule has 7 heteroatoms. The van der Waals surface area contributed by atoms with Gasteiger partial charge in [-0.15, -0.1) is 24.8 Å². The van der Waals surface area contributed by atoms with Crippen LogP contribution in [0.1, 0.15) is 38.3 Å². The van der Waals surface area contributed by atoms with E-state index in [9.17, 15) is 5.11 Å². The number of nitrogens with one attached hydrogen (secondary N) is 1. The highest BCUT2D eigenvalue weighted by Gasteiger charge is 2.23. The van der Waals surface area contributed by atoms with Crippen LogP contribution in [-0.4, -0.2) is 36.2 Å². The second-order valence-electron chi connectivity index (χ2n) is 6.11. The van der Waals surface area contributed by atoms with E-state index in [4.69, 9.17) is 0 Å². The number of aromatic hydroxyl groups is 1. The smallest absolute Gasteiger partial charge is 0.142 e. The van der Waals surface area contributed by atoms with Crippen LogP contribution in [0.25, 0.3) is 0 Å². The molecule has 3 nitrogen and oxygen atoms in total. The van der Waals surface area contributed by atoms with E-state index in [1.807, 2.05) is 0 Å². The summed E-state index contributed by atoms with van der Waals surface area (Å²) in [5.41, 5.74) is 1.35. The number of hydrogen-bond acceptors (Lipinski definition) is 3. The molecule has 1 aromatic rings. The molecule has 0 amide bonds. The number of nitrogens with zero attached hydrogens (tertiary/aromatic N) is 1. The monoisotopic (exact) mass is 586 g/mol. The molecule has 0 unspecified atom stereocenters. The van der Waals surface area contributed by atoms with E-state index < -0.39 is 0 Å². The highest BCUT2D eigenvalue weighted by Crippen LogP contribution is 2.34. The molecule has 0 spiro atoms. The molecule has 1 aliphatic rings. The van der Waals surface area contributed by atoms with E-state index in [-0.39, 0.29) is 24.8 Å². The quantitative estimate of drug-likeness (QED) is 0.486. The van der Waals surface area contributed by atoms with Crippen LogP contribution in [0.3, 0.4) is 0 Å². The van der Waals surface area contributed by atoms with Crippen LogP contribution in [0.15, 0.2) is 12.1 Å². The Labute approximate surface area is 179 Å². The maximum Gasteiger partial charge on any atom is 0.142 e. The van der Waals surface area contributed by atoms with E-state index in [0.29, 0.717) is 11.8 Å². The maximum absolute atomic E-state index is 10.0. The number of rotatable bonds is 5. The molecule has 1 aliphatic heterocycles. The van der Waals surface area contributed by atoms with E-state index in [0.717, 1.165) is 39.2 Å². The van der Waals surface area contributed by atoms with E-state index >= 15 is 0 Å². The molecule has 2 N–H and O–H groups in total. The van der Waals surface area contributed by atoms with Gasteiger partial charge in [-0.2, -0.15) is 0 Å². The molecule has 0 bridgehead atoms. The van der Waals surface area contributed by atoms with Gasteiger partial charge in [0, 0.05) is 32.2 Å². The molecule has 0 aromatic heterocycles. The van der Waals surface area contributed by atoms with Gasteiger partial charge in [0.1, 0.15) is 5.75 Å². The Morgan fingerprint density at radius 3 is 2.09 bits per heavy atom. The number of piperazine rings is 1. The lowest BCUT2D eigenvalue weighted by Crippen LogP contribution is -2.45. The lowest BCUT2D eigenvalue weighted by Gasteiger charge is -2.36. The van der Waals surface area contributed by atoms with Gasteiger partial charge in [-0.1, -0.05) is 13.8 Å². The van der Waals surface area contributed by atoms with Crippen molar-refractivity contribution in [3.63, 3.8) is 0 Å². The molecule has 1 aromatic carbocycles. The summed E-state index contributed by atoms with van der Waals surface area (Å²) in [6, 6.07) is 4.79. The molecule has 1 heterocycles. The van der Waals surface area contributed by atoms with Gasteiger partial charge in [-0.25, -0.2) is 0 Å². The minimum atomic E-state index is 0. The van der Waals surface area contributed by atoms with Gasteiger partial charge in [0.25, 0.3) is 0 Å². The van der Waals surface area contributed by atoms with Crippen LogP contribution in [0.4, 0.5) is 0 Å². The van der Waals surface area contributed by atoms with Crippen molar-refractivity contribution >= 4 is 70.0 Å². The topological polar surface area (TPSA) is 35.5 Å². The Hall–Kier alpha value is 0.980. The van der Waals surface area contributed by atoms with Crippen molar-refractivity contribution in [2.75, 3.05) is 26.2 Å². The van der Waals surface area contributed by atoms with Crippen molar-refractivity contribution in [3.05, 3.63) is 24.8 Å². The zero-order valence-corrected chi connectivity index (χ0v) is 19.5. The summed E-state index contributed by atoms with van der Waals surface area (Å²) in [6.07, 6.45) is 2.43. The Bertz CT molecular complexity index is 460. The number of halogens is 4. The van der Waals surface area contributed by atoms with E-state index in [1.54, 1.807) is 0 Å². The number of phenolic OH excluding ortho intramolecular Hbond substituents is 1. The summed E-state index contributed by atoms with van der Waals surface area (Å²) in [5.74, 6) is 1.15. The molecule has 134 valence electrons. The molecule has 0 aliphatic carbocycles. The van der Waals surface area contributed by atoms with Crippen LogP contribution in [0, 0.1) is 13.1 Å². The van der Waals surface area contributed by atoms with Gasteiger partial charge in [-0.3, -0.25) is 4.90 Å². The van der Waals surface area contributed by atoms with Crippen LogP contribution >= 0.6 is 70.0 Å². The fourth-order valence-electron chi connectivity index (χ4n) is 2.82. The van der Waals surface area contributed by atoms with Crippen molar-refractivity contribution < 1.29 is 5.11 Å². The molecule has 2 rings (SSSR count). The van der Waals surface area contributed by atoms with E-state index in [2.05, 4.69) is 81.4 Å². The fraction of sp³-hybridized carbons (Fsp3) is 0.625. The van der Waals surface area contributed by atoms with E-state index in [1.165, 1.54) is 18.4 Å². The number of benzene rings is 1.